The van der Waals surface area contributed by atoms with Gasteiger partial charge in [0.05, 0.1) is 11.6 Å². The predicted octanol–water partition coefficient (Wildman–Crippen LogP) is 4.42. The molecule has 0 heterocycles. The van der Waals surface area contributed by atoms with Gasteiger partial charge in [-0.3, -0.25) is 0 Å². The second kappa shape index (κ2) is 5.51. The molecule has 0 saturated carbocycles. The number of hydrogen-bond donors (Lipinski definition) is 0. The van der Waals surface area contributed by atoms with Crippen LogP contribution in [0.3, 0.4) is 0 Å². The first-order valence-corrected chi connectivity index (χ1v) is 6.29. The van der Waals surface area contributed by atoms with Gasteiger partial charge in [-0.15, -0.1) is 0 Å². The maximum atomic E-state index is 8.82. The summed E-state index contributed by atoms with van der Waals surface area (Å²) in [6, 6.07) is 18.5. The number of rotatable bonds is 3. The van der Waals surface area contributed by atoms with E-state index in [2.05, 4.69) is 44.2 Å². The summed E-state index contributed by atoms with van der Waals surface area (Å²) in [5.41, 5.74) is 4.54. The maximum Gasteiger partial charge on any atom is 0.0991 e. The van der Waals surface area contributed by atoms with Crippen molar-refractivity contribution in [2.75, 3.05) is 0 Å². The Labute approximate surface area is 109 Å². The second-order valence-corrected chi connectivity index (χ2v) is 4.94. The first kappa shape index (κ1) is 12.4. The largest absolute Gasteiger partial charge is 0.192 e. The van der Waals surface area contributed by atoms with Crippen molar-refractivity contribution in [2.24, 2.45) is 5.92 Å². The minimum atomic E-state index is 0.643. The van der Waals surface area contributed by atoms with Gasteiger partial charge in [0.25, 0.3) is 0 Å². The van der Waals surface area contributed by atoms with Crippen LogP contribution in [0.4, 0.5) is 0 Å². The van der Waals surface area contributed by atoms with Crippen molar-refractivity contribution in [1.29, 1.82) is 5.26 Å². The Morgan fingerprint density at radius 2 is 1.67 bits per heavy atom. The van der Waals surface area contributed by atoms with E-state index in [9.17, 15) is 0 Å². The molecule has 0 aliphatic rings. The van der Waals surface area contributed by atoms with Crippen LogP contribution in [0.2, 0.25) is 0 Å². The Hall–Kier alpha value is -2.07. The van der Waals surface area contributed by atoms with Gasteiger partial charge in [-0.05, 0) is 41.2 Å². The molecule has 0 aliphatic carbocycles. The minimum Gasteiger partial charge on any atom is -0.192 e. The van der Waals surface area contributed by atoms with Gasteiger partial charge in [0.1, 0.15) is 0 Å². The van der Waals surface area contributed by atoms with Gasteiger partial charge < -0.3 is 0 Å². The van der Waals surface area contributed by atoms with Gasteiger partial charge in [-0.25, -0.2) is 0 Å². The van der Waals surface area contributed by atoms with E-state index in [4.69, 9.17) is 5.26 Å². The molecule has 18 heavy (non-hydrogen) atoms. The third-order valence-corrected chi connectivity index (χ3v) is 2.97. The van der Waals surface area contributed by atoms with E-state index in [1.807, 2.05) is 24.3 Å². The van der Waals surface area contributed by atoms with Crippen molar-refractivity contribution >= 4 is 0 Å². The number of benzene rings is 2. The Balaban J connectivity index is 2.40. The summed E-state index contributed by atoms with van der Waals surface area (Å²) >= 11 is 0. The van der Waals surface area contributed by atoms with Crippen LogP contribution in [-0.2, 0) is 6.42 Å². The lowest BCUT2D eigenvalue weighted by Gasteiger charge is -2.11. The van der Waals surface area contributed by atoms with Gasteiger partial charge in [0.15, 0.2) is 0 Å². The summed E-state index contributed by atoms with van der Waals surface area (Å²) in [6.07, 6.45) is 1.08. The minimum absolute atomic E-state index is 0.643. The molecular formula is C17H17N. The first-order chi connectivity index (χ1) is 8.70. The summed E-state index contributed by atoms with van der Waals surface area (Å²) in [7, 11) is 0. The Kier molecular flexibility index (Phi) is 3.79. The van der Waals surface area contributed by atoms with Gasteiger partial charge >= 0.3 is 0 Å². The summed E-state index contributed by atoms with van der Waals surface area (Å²) in [5.74, 6) is 0.643. The Morgan fingerprint density at radius 3 is 2.28 bits per heavy atom. The van der Waals surface area contributed by atoms with E-state index in [-0.39, 0.29) is 0 Å². The summed E-state index contributed by atoms with van der Waals surface area (Å²) in [5, 5.41) is 8.82. The zero-order valence-electron chi connectivity index (χ0n) is 10.9. The van der Waals surface area contributed by atoms with E-state index in [1.165, 1.54) is 16.7 Å². The normalized spacial score (nSPS) is 10.3. The summed E-state index contributed by atoms with van der Waals surface area (Å²) in [6.45, 7) is 4.46. The lowest BCUT2D eigenvalue weighted by Crippen LogP contribution is -1.96. The highest BCUT2D eigenvalue weighted by Crippen LogP contribution is 2.25. The molecule has 90 valence electrons. The predicted molar refractivity (Wildman–Crippen MR) is 75.1 cm³/mol. The molecule has 0 fully saturated rings. The third kappa shape index (κ3) is 2.78. The smallest absolute Gasteiger partial charge is 0.0991 e. The molecule has 1 heteroatoms. The molecule has 0 N–H and O–H groups in total. The lowest BCUT2D eigenvalue weighted by atomic mass is 9.93. The van der Waals surface area contributed by atoms with Crippen LogP contribution in [0.15, 0.2) is 48.5 Å². The highest BCUT2D eigenvalue weighted by Gasteiger charge is 2.06. The quantitative estimate of drug-likeness (QED) is 0.772. The molecule has 0 aliphatic heterocycles. The molecule has 0 aromatic heterocycles. The topological polar surface area (TPSA) is 23.8 Å². The fraction of sp³-hybridized carbons (Fsp3) is 0.235. The van der Waals surface area contributed by atoms with Gasteiger partial charge in [-0.1, -0.05) is 50.2 Å². The van der Waals surface area contributed by atoms with E-state index in [0.29, 0.717) is 11.5 Å². The van der Waals surface area contributed by atoms with Crippen molar-refractivity contribution in [3.63, 3.8) is 0 Å². The fourth-order valence-electron chi connectivity index (χ4n) is 2.14. The van der Waals surface area contributed by atoms with E-state index >= 15 is 0 Å². The fourth-order valence-corrected chi connectivity index (χ4v) is 2.14. The molecule has 2 aromatic carbocycles. The van der Waals surface area contributed by atoms with Crippen molar-refractivity contribution in [3.05, 3.63) is 59.7 Å². The molecule has 2 aromatic rings. The molecular weight excluding hydrogens is 218 g/mol. The van der Waals surface area contributed by atoms with Crippen LogP contribution < -0.4 is 0 Å². The average molecular weight is 235 g/mol. The summed E-state index contributed by atoms with van der Waals surface area (Å²) < 4.78 is 0. The molecule has 0 saturated heterocycles. The van der Waals surface area contributed by atoms with Crippen LogP contribution in [0, 0.1) is 17.2 Å². The monoisotopic (exact) mass is 235 g/mol. The van der Waals surface area contributed by atoms with Crippen LogP contribution in [0.1, 0.15) is 25.0 Å². The lowest BCUT2D eigenvalue weighted by molar-refractivity contribution is 0.648. The van der Waals surface area contributed by atoms with Crippen molar-refractivity contribution in [2.45, 2.75) is 20.3 Å². The third-order valence-electron chi connectivity index (χ3n) is 2.97. The van der Waals surface area contributed by atoms with E-state index in [0.717, 1.165) is 6.42 Å². The summed E-state index contributed by atoms with van der Waals surface area (Å²) in [4.78, 5) is 0. The van der Waals surface area contributed by atoms with Crippen molar-refractivity contribution < 1.29 is 0 Å². The average Bonchev–Trinajstić information content (AvgIpc) is 2.39. The van der Waals surface area contributed by atoms with E-state index < -0.39 is 0 Å². The Bertz CT molecular complexity index is 559. The van der Waals surface area contributed by atoms with Crippen molar-refractivity contribution in [3.8, 4) is 17.2 Å². The standard InChI is InChI=1S/C17H17N/c1-13(2)11-16-5-3-4-6-17(16)15-9-7-14(12-18)8-10-15/h3-10,13H,11H2,1-2H3. The van der Waals surface area contributed by atoms with Gasteiger partial charge in [0, 0.05) is 0 Å². The molecule has 0 bridgehead atoms. The number of hydrogen-bond acceptors (Lipinski definition) is 1. The SMILES string of the molecule is CC(C)Cc1ccccc1-c1ccc(C#N)cc1. The van der Waals surface area contributed by atoms with Crippen LogP contribution >= 0.6 is 0 Å². The zero-order valence-corrected chi connectivity index (χ0v) is 10.9. The van der Waals surface area contributed by atoms with Crippen LogP contribution in [-0.4, -0.2) is 0 Å². The second-order valence-electron chi connectivity index (χ2n) is 4.94. The first-order valence-electron chi connectivity index (χ1n) is 6.29. The van der Waals surface area contributed by atoms with Gasteiger partial charge in [-0.2, -0.15) is 5.26 Å². The highest BCUT2D eigenvalue weighted by atomic mass is 14.2. The molecule has 2 rings (SSSR count). The van der Waals surface area contributed by atoms with Crippen LogP contribution in [0.5, 0.6) is 0 Å². The van der Waals surface area contributed by atoms with Crippen molar-refractivity contribution in [1.82, 2.24) is 0 Å². The molecule has 0 atom stereocenters. The number of nitriles is 1. The van der Waals surface area contributed by atoms with Gasteiger partial charge in [0.2, 0.25) is 0 Å². The van der Waals surface area contributed by atoms with Crippen LogP contribution in [0.25, 0.3) is 11.1 Å². The molecule has 0 spiro atoms. The Morgan fingerprint density at radius 1 is 1.00 bits per heavy atom. The highest BCUT2D eigenvalue weighted by molar-refractivity contribution is 5.68. The molecule has 0 amide bonds. The number of nitrogens with zero attached hydrogens (tertiary/aromatic N) is 1. The van der Waals surface area contributed by atoms with E-state index in [1.54, 1.807) is 0 Å². The maximum absolute atomic E-state index is 8.82. The molecule has 1 nitrogen and oxygen atoms in total. The zero-order chi connectivity index (χ0) is 13.0. The molecule has 0 unspecified atom stereocenters. The molecule has 0 radical (unpaired) electrons.